The van der Waals surface area contributed by atoms with Crippen LogP contribution < -0.4 is 5.76 Å². The van der Waals surface area contributed by atoms with Gasteiger partial charge in [0.25, 0.3) is 5.89 Å². The molecule has 0 aliphatic heterocycles. The Morgan fingerprint density at radius 3 is 2.74 bits per heavy atom. The lowest BCUT2D eigenvalue weighted by Gasteiger charge is -1.93. The first-order valence-corrected chi connectivity index (χ1v) is 7.79. The lowest BCUT2D eigenvalue weighted by molar-refractivity contribution is 0.493. The molecule has 0 amide bonds. The molecule has 0 aliphatic rings. The highest BCUT2D eigenvalue weighted by atomic mass is 32.1. The van der Waals surface area contributed by atoms with Gasteiger partial charge in [-0.15, -0.1) is 16.4 Å². The second-order valence-corrected chi connectivity index (χ2v) is 5.77. The zero-order valence-corrected chi connectivity index (χ0v) is 12.7. The Morgan fingerprint density at radius 1 is 1.09 bits per heavy atom. The molecule has 0 bridgehead atoms. The van der Waals surface area contributed by atoms with Crippen molar-refractivity contribution in [2.24, 2.45) is 0 Å². The van der Waals surface area contributed by atoms with Crippen LogP contribution in [0.5, 0.6) is 0 Å². The average Bonchev–Trinajstić information content (AvgIpc) is 3.31. The van der Waals surface area contributed by atoms with Gasteiger partial charge in [-0.05, 0) is 23.6 Å². The minimum Gasteiger partial charge on any atom is -0.444 e. The van der Waals surface area contributed by atoms with E-state index in [0.717, 1.165) is 10.4 Å². The lowest BCUT2D eigenvalue weighted by atomic mass is 10.2. The topological polar surface area (TPSA) is 74.1 Å². The van der Waals surface area contributed by atoms with Crippen LogP contribution in [-0.2, 0) is 6.54 Å². The van der Waals surface area contributed by atoms with E-state index in [2.05, 4.69) is 10.1 Å². The molecule has 7 heteroatoms. The van der Waals surface area contributed by atoms with Crippen molar-refractivity contribution < 1.29 is 8.83 Å². The molecule has 23 heavy (non-hydrogen) atoms. The monoisotopic (exact) mass is 325 g/mol. The van der Waals surface area contributed by atoms with Crippen molar-refractivity contribution in [1.82, 2.24) is 14.8 Å². The molecule has 0 N–H and O–H groups in total. The Morgan fingerprint density at radius 2 is 1.96 bits per heavy atom. The van der Waals surface area contributed by atoms with E-state index in [1.54, 1.807) is 0 Å². The number of aromatic nitrogens is 3. The third kappa shape index (κ3) is 2.74. The maximum atomic E-state index is 11.9. The summed E-state index contributed by atoms with van der Waals surface area (Å²) in [7, 11) is 0. The number of hydrogen-bond donors (Lipinski definition) is 0. The second kappa shape index (κ2) is 5.69. The number of oxazole rings is 1. The Hall–Kier alpha value is -2.93. The molecule has 6 nitrogen and oxygen atoms in total. The normalized spacial score (nSPS) is 11.0. The first-order chi connectivity index (χ1) is 11.3. The van der Waals surface area contributed by atoms with Crippen molar-refractivity contribution in [3.8, 4) is 22.2 Å². The van der Waals surface area contributed by atoms with E-state index >= 15 is 0 Å². The highest BCUT2D eigenvalue weighted by molar-refractivity contribution is 7.13. The third-order valence-corrected chi connectivity index (χ3v) is 4.08. The fraction of sp³-hybridized carbons (Fsp3) is 0.0625. The van der Waals surface area contributed by atoms with E-state index in [1.165, 1.54) is 22.3 Å². The molecule has 114 valence electrons. The van der Waals surface area contributed by atoms with E-state index < -0.39 is 5.76 Å². The quantitative estimate of drug-likeness (QED) is 0.576. The van der Waals surface area contributed by atoms with Crippen LogP contribution in [0.15, 0.2) is 67.7 Å². The highest BCUT2D eigenvalue weighted by Crippen LogP contribution is 2.22. The van der Waals surface area contributed by atoms with Crippen LogP contribution in [0.2, 0.25) is 0 Å². The minimum atomic E-state index is -0.516. The summed E-state index contributed by atoms with van der Waals surface area (Å²) >= 11 is 1.46. The molecule has 4 rings (SSSR count). The molecule has 3 heterocycles. The lowest BCUT2D eigenvalue weighted by Crippen LogP contribution is -2.16. The van der Waals surface area contributed by atoms with Gasteiger partial charge in [0, 0.05) is 5.56 Å². The number of thiophene rings is 1. The summed E-state index contributed by atoms with van der Waals surface area (Å²) in [5, 5.41) is 6.10. The van der Waals surface area contributed by atoms with Gasteiger partial charge in [0.1, 0.15) is 12.0 Å². The molecule has 0 fully saturated rings. The molecule has 4 aromatic rings. The van der Waals surface area contributed by atoms with Crippen LogP contribution in [0.4, 0.5) is 0 Å². The van der Waals surface area contributed by atoms with Crippen molar-refractivity contribution >= 4 is 11.3 Å². The van der Waals surface area contributed by atoms with Crippen LogP contribution >= 0.6 is 11.3 Å². The summed E-state index contributed by atoms with van der Waals surface area (Å²) < 4.78 is 11.9. The summed E-state index contributed by atoms with van der Waals surface area (Å²) in [5.41, 5.74) is 1.49. The van der Waals surface area contributed by atoms with Gasteiger partial charge < -0.3 is 8.83 Å². The maximum Gasteiger partial charge on any atom is 0.437 e. The van der Waals surface area contributed by atoms with Crippen molar-refractivity contribution in [2.75, 3.05) is 0 Å². The molecule has 0 spiro atoms. The number of benzene rings is 1. The first-order valence-electron chi connectivity index (χ1n) is 6.91. The van der Waals surface area contributed by atoms with Crippen LogP contribution in [0, 0.1) is 0 Å². The molecule has 3 aromatic heterocycles. The Kier molecular flexibility index (Phi) is 3.39. The number of rotatable bonds is 4. The highest BCUT2D eigenvalue weighted by Gasteiger charge is 2.13. The van der Waals surface area contributed by atoms with E-state index in [9.17, 15) is 4.79 Å². The molecule has 0 saturated heterocycles. The molecular formula is C16H11N3O3S. The van der Waals surface area contributed by atoms with Crippen LogP contribution in [0.25, 0.3) is 22.2 Å². The van der Waals surface area contributed by atoms with Gasteiger partial charge in [0.2, 0.25) is 5.89 Å². The van der Waals surface area contributed by atoms with E-state index in [0.29, 0.717) is 17.5 Å². The van der Waals surface area contributed by atoms with Gasteiger partial charge in [-0.2, -0.15) is 4.68 Å². The largest absolute Gasteiger partial charge is 0.444 e. The van der Waals surface area contributed by atoms with E-state index in [-0.39, 0.29) is 6.54 Å². The summed E-state index contributed by atoms with van der Waals surface area (Å²) in [6, 6.07) is 13.3. The van der Waals surface area contributed by atoms with Crippen LogP contribution in [-0.4, -0.2) is 14.8 Å². The summed E-state index contributed by atoms with van der Waals surface area (Å²) in [4.78, 5) is 17.1. The average molecular weight is 325 g/mol. The molecule has 0 atom stereocenters. The fourth-order valence-corrected chi connectivity index (χ4v) is 2.80. The van der Waals surface area contributed by atoms with Gasteiger partial charge >= 0.3 is 5.76 Å². The summed E-state index contributed by atoms with van der Waals surface area (Å²) in [6.45, 7) is 0.198. The Bertz CT molecular complexity index is 968. The Balaban J connectivity index is 1.60. The van der Waals surface area contributed by atoms with Crippen LogP contribution in [0.3, 0.4) is 0 Å². The molecular weight excluding hydrogens is 314 g/mol. The van der Waals surface area contributed by atoms with Crippen molar-refractivity contribution in [1.29, 1.82) is 0 Å². The standard InChI is InChI=1S/C16H11N3O3S/c20-16-19(18-15(22-16)13-7-4-8-23-13)9-12-10-21-14(17-12)11-5-2-1-3-6-11/h1-8,10H,9H2. The predicted octanol–water partition coefficient (Wildman–Crippen LogP) is 3.27. The van der Waals surface area contributed by atoms with Gasteiger partial charge in [-0.1, -0.05) is 24.3 Å². The number of nitrogens with zero attached hydrogens (tertiary/aromatic N) is 3. The van der Waals surface area contributed by atoms with Crippen molar-refractivity contribution in [3.63, 3.8) is 0 Å². The van der Waals surface area contributed by atoms with Gasteiger partial charge in [0.15, 0.2) is 0 Å². The zero-order valence-electron chi connectivity index (χ0n) is 11.9. The molecule has 0 radical (unpaired) electrons. The zero-order chi connectivity index (χ0) is 15.6. The first kappa shape index (κ1) is 13.7. The SMILES string of the molecule is O=c1oc(-c2cccs2)nn1Cc1coc(-c2ccccc2)n1. The number of hydrogen-bond acceptors (Lipinski definition) is 6. The van der Waals surface area contributed by atoms with Crippen molar-refractivity contribution in [2.45, 2.75) is 6.54 Å². The van der Waals surface area contributed by atoms with Crippen molar-refractivity contribution in [3.05, 3.63) is 70.4 Å². The van der Waals surface area contributed by atoms with Crippen LogP contribution in [0.1, 0.15) is 5.69 Å². The van der Waals surface area contributed by atoms with Gasteiger partial charge in [-0.3, -0.25) is 0 Å². The summed E-state index contributed by atoms with van der Waals surface area (Å²) in [5.74, 6) is 0.310. The van der Waals surface area contributed by atoms with Gasteiger partial charge in [0.05, 0.1) is 11.4 Å². The minimum absolute atomic E-state index is 0.198. The predicted molar refractivity (Wildman–Crippen MR) is 85.1 cm³/mol. The third-order valence-electron chi connectivity index (χ3n) is 3.22. The van der Waals surface area contributed by atoms with E-state index in [4.69, 9.17) is 8.83 Å². The molecule has 0 saturated carbocycles. The van der Waals surface area contributed by atoms with Gasteiger partial charge in [-0.25, -0.2) is 9.78 Å². The molecule has 0 unspecified atom stereocenters. The Labute approximate surface area is 134 Å². The second-order valence-electron chi connectivity index (χ2n) is 4.82. The fourth-order valence-electron chi connectivity index (χ4n) is 2.15. The molecule has 1 aromatic carbocycles. The molecule has 0 aliphatic carbocycles. The maximum absolute atomic E-state index is 11.9. The summed E-state index contributed by atoms with van der Waals surface area (Å²) in [6.07, 6.45) is 1.52. The smallest absolute Gasteiger partial charge is 0.437 e. The van der Waals surface area contributed by atoms with E-state index in [1.807, 2.05) is 47.8 Å².